The van der Waals surface area contributed by atoms with Crippen molar-refractivity contribution in [3.05, 3.63) is 101 Å². The number of aliphatic hydroxyl groups is 1. The number of hydrogen-bond donors (Lipinski definition) is 1. The lowest BCUT2D eigenvalue weighted by molar-refractivity contribution is -0.118. The van der Waals surface area contributed by atoms with Crippen LogP contribution in [0.5, 0.6) is 11.5 Å². The summed E-state index contributed by atoms with van der Waals surface area (Å²) in [5.74, 6) is -0.0892. The summed E-state index contributed by atoms with van der Waals surface area (Å²) in [7, 11) is 0. The van der Waals surface area contributed by atoms with E-state index in [4.69, 9.17) is 9.47 Å². The molecule has 0 spiro atoms. The van der Waals surface area contributed by atoms with Crippen molar-refractivity contribution in [1.29, 1.82) is 0 Å². The number of ether oxygens (including phenoxy) is 2. The van der Waals surface area contributed by atoms with Crippen molar-refractivity contribution in [3.8, 4) is 11.5 Å². The van der Waals surface area contributed by atoms with Gasteiger partial charge in [0.25, 0.3) is 5.91 Å². The summed E-state index contributed by atoms with van der Waals surface area (Å²) in [4.78, 5) is 28.2. The first-order valence-corrected chi connectivity index (χ1v) is 11.8. The van der Waals surface area contributed by atoms with Crippen LogP contribution in [-0.4, -0.2) is 30.0 Å². The highest BCUT2D eigenvalue weighted by atomic mass is 16.5. The van der Waals surface area contributed by atoms with Gasteiger partial charge in [-0.05, 0) is 55.7 Å². The molecule has 0 bridgehead atoms. The molecular formula is C29H29NO5. The Morgan fingerprint density at radius 1 is 0.886 bits per heavy atom. The van der Waals surface area contributed by atoms with Crippen LogP contribution in [0.25, 0.3) is 0 Å². The average Bonchev–Trinajstić information content (AvgIpc) is 3.14. The lowest BCUT2D eigenvalue weighted by atomic mass is 9.93. The molecule has 180 valence electrons. The number of aryl methyl sites for hydroxylation is 1. The summed E-state index contributed by atoms with van der Waals surface area (Å²) < 4.78 is 11.2. The van der Waals surface area contributed by atoms with E-state index in [0.717, 1.165) is 5.56 Å². The summed E-state index contributed by atoms with van der Waals surface area (Å²) in [6.07, 6.45) is 0.692. The molecule has 0 aliphatic carbocycles. The number of hydrogen-bond acceptors (Lipinski definition) is 5. The predicted octanol–water partition coefficient (Wildman–Crippen LogP) is 5.59. The molecular weight excluding hydrogens is 442 g/mol. The number of benzene rings is 3. The Hall–Kier alpha value is -4.06. The van der Waals surface area contributed by atoms with E-state index in [1.165, 1.54) is 4.90 Å². The van der Waals surface area contributed by atoms with Crippen molar-refractivity contribution in [2.24, 2.45) is 0 Å². The number of ketones is 1. The second kappa shape index (κ2) is 10.9. The largest absolute Gasteiger partial charge is 0.503 e. The van der Waals surface area contributed by atoms with Gasteiger partial charge in [0.15, 0.2) is 11.5 Å². The van der Waals surface area contributed by atoms with E-state index in [-0.39, 0.29) is 17.8 Å². The monoisotopic (exact) mass is 471 g/mol. The van der Waals surface area contributed by atoms with Gasteiger partial charge in [-0.15, -0.1) is 0 Å². The van der Waals surface area contributed by atoms with Crippen molar-refractivity contribution in [1.82, 2.24) is 0 Å². The third-order valence-corrected chi connectivity index (χ3v) is 5.91. The van der Waals surface area contributed by atoms with Crippen molar-refractivity contribution >= 4 is 17.4 Å². The second-order valence-corrected chi connectivity index (χ2v) is 8.18. The number of Topliss-reactive ketones (excluding diaryl/α,β-unsaturated/α-hetero) is 1. The Morgan fingerprint density at radius 3 is 2.26 bits per heavy atom. The number of nitrogens with zero attached hydrogens (tertiary/aromatic N) is 1. The van der Waals surface area contributed by atoms with E-state index in [9.17, 15) is 14.7 Å². The van der Waals surface area contributed by atoms with Crippen LogP contribution in [0.1, 0.15) is 37.4 Å². The molecule has 4 rings (SSSR count). The lowest BCUT2D eigenvalue weighted by Crippen LogP contribution is -2.31. The van der Waals surface area contributed by atoms with Crippen LogP contribution < -0.4 is 14.4 Å². The number of carbonyl (C=O) groups excluding carboxylic acids is 2. The van der Waals surface area contributed by atoms with Gasteiger partial charge in [-0.3, -0.25) is 14.5 Å². The lowest BCUT2D eigenvalue weighted by Gasteiger charge is -2.27. The highest BCUT2D eigenvalue weighted by molar-refractivity contribution is 6.16. The molecule has 3 aromatic carbocycles. The van der Waals surface area contributed by atoms with Crippen LogP contribution >= 0.6 is 0 Å². The Bertz CT molecular complexity index is 1220. The van der Waals surface area contributed by atoms with Crippen LogP contribution in [0, 0.1) is 0 Å². The van der Waals surface area contributed by atoms with Gasteiger partial charge in [-0.2, -0.15) is 0 Å². The van der Waals surface area contributed by atoms with E-state index in [0.29, 0.717) is 42.4 Å². The molecule has 0 saturated heterocycles. The van der Waals surface area contributed by atoms with Crippen LogP contribution in [0.3, 0.4) is 0 Å². The maximum atomic E-state index is 13.4. The quantitative estimate of drug-likeness (QED) is 0.417. The zero-order valence-electron chi connectivity index (χ0n) is 19.9. The SMILES string of the molecule is CCOc1ccc(C2C(C(=O)CCc3ccccc3)=C(O)C(=O)N2c2cccc(OCC)c2)cc1. The smallest absolute Gasteiger partial charge is 0.294 e. The summed E-state index contributed by atoms with van der Waals surface area (Å²) in [6, 6.07) is 23.3. The molecule has 1 amide bonds. The number of rotatable bonds is 10. The number of anilines is 1. The third-order valence-electron chi connectivity index (χ3n) is 5.91. The summed E-state index contributed by atoms with van der Waals surface area (Å²) in [5.41, 5.74) is 2.37. The van der Waals surface area contributed by atoms with Crippen molar-refractivity contribution in [3.63, 3.8) is 0 Å². The Morgan fingerprint density at radius 2 is 1.57 bits per heavy atom. The zero-order chi connectivity index (χ0) is 24.8. The topological polar surface area (TPSA) is 76.1 Å². The van der Waals surface area contributed by atoms with Crippen molar-refractivity contribution < 1.29 is 24.2 Å². The van der Waals surface area contributed by atoms with E-state index < -0.39 is 17.7 Å². The first-order valence-electron chi connectivity index (χ1n) is 11.8. The highest BCUT2D eigenvalue weighted by Crippen LogP contribution is 2.42. The van der Waals surface area contributed by atoms with Gasteiger partial charge in [0, 0.05) is 18.2 Å². The molecule has 0 aromatic heterocycles. The number of amides is 1. The molecule has 1 heterocycles. The summed E-state index contributed by atoms with van der Waals surface area (Å²) >= 11 is 0. The zero-order valence-corrected chi connectivity index (χ0v) is 19.9. The van der Waals surface area contributed by atoms with Gasteiger partial charge in [0.1, 0.15) is 11.5 Å². The average molecular weight is 472 g/mol. The van der Waals surface area contributed by atoms with E-state index in [2.05, 4.69) is 0 Å². The standard InChI is InChI=1S/C29H29NO5/c1-3-34-23-16-14-21(15-17-23)27-26(25(31)18-13-20-9-6-5-7-10-20)28(32)29(33)30(27)22-11-8-12-24(19-22)35-4-2/h5-12,14-17,19,27,32H,3-4,13,18H2,1-2H3. The fraction of sp³-hybridized carbons (Fsp3) is 0.241. The normalized spacial score (nSPS) is 15.4. The maximum absolute atomic E-state index is 13.4. The predicted molar refractivity (Wildman–Crippen MR) is 135 cm³/mol. The number of carbonyl (C=O) groups is 2. The minimum absolute atomic E-state index is 0.108. The van der Waals surface area contributed by atoms with E-state index in [1.54, 1.807) is 36.4 Å². The maximum Gasteiger partial charge on any atom is 0.294 e. The molecule has 1 unspecified atom stereocenters. The van der Waals surface area contributed by atoms with Gasteiger partial charge in [-0.1, -0.05) is 48.5 Å². The summed E-state index contributed by atoms with van der Waals surface area (Å²) in [5, 5.41) is 10.9. The number of aliphatic hydroxyl groups excluding tert-OH is 1. The molecule has 1 aliphatic rings. The van der Waals surface area contributed by atoms with Crippen LogP contribution in [-0.2, 0) is 16.0 Å². The Labute approximate surface area is 205 Å². The molecule has 1 aliphatic heterocycles. The van der Waals surface area contributed by atoms with Crippen LogP contribution in [0.15, 0.2) is 90.2 Å². The molecule has 1 N–H and O–H groups in total. The van der Waals surface area contributed by atoms with Crippen molar-refractivity contribution in [2.45, 2.75) is 32.7 Å². The Kier molecular flexibility index (Phi) is 7.51. The summed E-state index contributed by atoms with van der Waals surface area (Å²) in [6.45, 7) is 4.79. The fourth-order valence-corrected chi connectivity index (χ4v) is 4.31. The van der Waals surface area contributed by atoms with Gasteiger partial charge in [-0.25, -0.2) is 0 Å². The van der Waals surface area contributed by atoms with Crippen molar-refractivity contribution in [2.75, 3.05) is 18.1 Å². The minimum atomic E-state index is -0.765. The molecule has 6 nitrogen and oxygen atoms in total. The van der Waals surface area contributed by atoms with Gasteiger partial charge < -0.3 is 14.6 Å². The molecule has 35 heavy (non-hydrogen) atoms. The molecule has 6 heteroatoms. The molecule has 3 aromatic rings. The molecule has 1 atom stereocenters. The first-order chi connectivity index (χ1) is 17.0. The van der Waals surface area contributed by atoms with Gasteiger partial charge in [0.2, 0.25) is 0 Å². The van der Waals surface area contributed by atoms with Crippen LogP contribution in [0.4, 0.5) is 5.69 Å². The van der Waals surface area contributed by atoms with E-state index in [1.807, 2.05) is 56.3 Å². The fourth-order valence-electron chi connectivity index (χ4n) is 4.31. The highest BCUT2D eigenvalue weighted by Gasteiger charge is 2.44. The third kappa shape index (κ3) is 5.22. The molecule has 0 fully saturated rings. The second-order valence-electron chi connectivity index (χ2n) is 8.18. The van der Waals surface area contributed by atoms with Crippen LogP contribution in [0.2, 0.25) is 0 Å². The Balaban J connectivity index is 1.72. The first kappa shape index (κ1) is 24.1. The van der Waals surface area contributed by atoms with E-state index >= 15 is 0 Å². The molecule has 0 radical (unpaired) electrons. The van der Waals surface area contributed by atoms with Gasteiger partial charge in [0.05, 0.1) is 24.8 Å². The van der Waals surface area contributed by atoms with Gasteiger partial charge >= 0.3 is 0 Å². The minimum Gasteiger partial charge on any atom is -0.503 e. The molecule has 0 saturated carbocycles.